The summed E-state index contributed by atoms with van der Waals surface area (Å²) in [6.07, 6.45) is 3.47. The zero-order valence-corrected chi connectivity index (χ0v) is 21.0. The fourth-order valence-electron chi connectivity index (χ4n) is 5.88. The van der Waals surface area contributed by atoms with Gasteiger partial charge in [0.2, 0.25) is 23.6 Å². The molecular weight excluding hydrogens is 468 g/mol. The summed E-state index contributed by atoms with van der Waals surface area (Å²) in [6, 6.07) is 16.9. The highest BCUT2D eigenvalue weighted by molar-refractivity contribution is 5.95. The first-order chi connectivity index (χ1) is 18.0. The van der Waals surface area contributed by atoms with Gasteiger partial charge in [-0.15, -0.1) is 0 Å². The third-order valence-electron chi connectivity index (χ3n) is 7.68. The average Bonchev–Trinajstić information content (AvgIpc) is 3.59. The summed E-state index contributed by atoms with van der Waals surface area (Å²) < 4.78 is 0. The van der Waals surface area contributed by atoms with Crippen LogP contribution in [0.25, 0.3) is 0 Å². The minimum Gasteiger partial charge on any atom is -0.351 e. The summed E-state index contributed by atoms with van der Waals surface area (Å²) >= 11 is 0. The van der Waals surface area contributed by atoms with Crippen molar-refractivity contribution >= 4 is 23.6 Å². The van der Waals surface area contributed by atoms with Crippen molar-refractivity contribution in [1.29, 1.82) is 0 Å². The van der Waals surface area contributed by atoms with Crippen LogP contribution in [0.5, 0.6) is 0 Å². The molecule has 37 heavy (non-hydrogen) atoms. The van der Waals surface area contributed by atoms with Gasteiger partial charge in [0.1, 0.15) is 18.1 Å². The third-order valence-corrected chi connectivity index (χ3v) is 7.68. The maximum absolute atomic E-state index is 13.8. The molecule has 8 heteroatoms. The predicted molar refractivity (Wildman–Crippen MR) is 138 cm³/mol. The number of carbonyl (C=O) groups is 4. The van der Waals surface area contributed by atoms with Crippen LogP contribution in [0, 0.1) is 0 Å². The summed E-state index contributed by atoms with van der Waals surface area (Å²) in [5.41, 5.74) is 1.93. The molecule has 3 fully saturated rings. The molecule has 0 spiro atoms. The van der Waals surface area contributed by atoms with E-state index < -0.39 is 24.2 Å². The highest BCUT2D eigenvalue weighted by Crippen LogP contribution is 2.26. The van der Waals surface area contributed by atoms with Crippen LogP contribution in [0.3, 0.4) is 0 Å². The molecule has 5 rings (SSSR count). The molecule has 3 aliphatic rings. The molecule has 3 saturated heterocycles. The maximum atomic E-state index is 13.8. The molecule has 0 unspecified atom stereocenters. The van der Waals surface area contributed by atoms with Gasteiger partial charge < -0.3 is 20.4 Å². The van der Waals surface area contributed by atoms with Crippen molar-refractivity contribution in [3.05, 3.63) is 71.8 Å². The van der Waals surface area contributed by atoms with E-state index in [9.17, 15) is 19.2 Å². The lowest BCUT2D eigenvalue weighted by molar-refractivity contribution is -0.147. The number of benzene rings is 2. The maximum Gasteiger partial charge on any atom is 0.246 e. The monoisotopic (exact) mass is 502 g/mol. The van der Waals surface area contributed by atoms with Gasteiger partial charge in [0.15, 0.2) is 0 Å². The van der Waals surface area contributed by atoms with Gasteiger partial charge in [0, 0.05) is 32.0 Å². The molecule has 2 aromatic carbocycles. The molecule has 0 saturated carbocycles. The Morgan fingerprint density at radius 3 is 1.89 bits per heavy atom. The van der Waals surface area contributed by atoms with E-state index in [1.165, 1.54) is 0 Å². The second-order valence-electron chi connectivity index (χ2n) is 10.3. The Kier molecular flexibility index (Phi) is 7.53. The summed E-state index contributed by atoms with van der Waals surface area (Å²) in [5.74, 6) is -0.912. The molecule has 4 atom stereocenters. The smallest absolute Gasteiger partial charge is 0.246 e. The van der Waals surface area contributed by atoms with Gasteiger partial charge in [0.05, 0.1) is 0 Å². The van der Waals surface area contributed by atoms with Gasteiger partial charge in [-0.05, 0) is 43.2 Å². The molecule has 3 heterocycles. The Bertz CT molecular complexity index is 1140. The normalized spacial score (nSPS) is 26.9. The fraction of sp³-hybridized carbons (Fsp3) is 0.448. The summed E-state index contributed by atoms with van der Waals surface area (Å²) in [5, 5.41) is 6.02. The molecule has 194 valence electrons. The molecular formula is C29H34N4O4. The lowest BCUT2D eigenvalue weighted by Gasteiger charge is -2.32. The fourth-order valence-corrected chi connectivity index (χ4v) is 5.88. The van der Waals surface area contributed by atoms with Crippen LogP contribution in [-0.4, -0.2) is 70.7 Å². The molecule has 8 nitrogen and oxygen atoms in total. The van der Waals surface area contributed by atoms with Crippen LogP contribution in [-0.2, 0) is 32.0 Å². The molecule has 0 radical (unpaired) electrons. The van der Waals surface area contributed by atoms with Gasteiger partial charge in [-0.3, -0.25) is 19.2 Å². The van der Waals surface area contributed by atoms with E-state index in [1.807, 2.05) is 60.7 Å². The van der Waals surface area contributed by atoms with Crippen LogP contribution in [0.1, 0.15) is 43.2 Å². The van der Waals surface area contributed by atoms with E-state index in [1.54, 1.807) is 9.80 Å². The van der Waals surface area contributed by atoms with Crippen LogP contribution in [0.15, 0.2) is 60.7 Å². The van der Waals surface area contributed by atoms with Crippen molar-refractivity contribution in [3.63, 3.8) is 0 Å². The summed E-state index contributed by atoms with van der Waals surface area (Å²) in [7, 11) is 0. The number of fused-ring (bicyclic) bond motifs is 2. The zero-order valence-electron chi connectivity index (χ0n) is 21.0. The molecule has 2 N–H and O–H groups in total. The molecule has 0 bridgehead atoms. The van der Waals surface area contributed by atoms with Crippen molar-refractivity contribution in [2.24, 2.45) is 0 Å². The lowest BCUT2D eigenvalue weighted by Crippen LogP contribution is -2.56. The topological polar surface area (TPSA) is 98.8 Å². The number of nitrogens with one attached hydrogen (secondary N) is 2. The number of amides is 4. The molecule has 3 aliphatic heterocycles. The van der Waals surface area contributed by atoms with Gasteiger partial charge in [-0.2, -0.15) is 0 Å². The minimum absolute atomic E-state index is 0.0449. The van der Waals surface area contributed by atoms with E-state index in [-0.39, 0.29) is 30.0 Å². The van der Waals surface area contributed by atoms with E-state index in [0.29, 0.717) is 38.8 Å². The van der Waals surface area contributed by atoms with Gasteiger partial charge in [-0.25, -0.2) is 0 Å². The van der Waals surface area contributed by atoms with Crippen molar-refractivity contribution in [1.82, 2.24) is 20.4 Å². The Hall–Kier alpha value is -3.68. The number of rotatable bonds is 4. The number of carbonyl (C=O) groups excluding carboxylic acids is 4. The molecule has 0 aromatic heterocycles. The second-order valence-corrected chi connectivity index (χ2v) is 10.3. The highest BCUT2D eigenvalue weighted by Gasteiger charge is 2.44. The van der Waals surface area contributed by atoms with Crippen LogP contribution in [0.2, 0.25) is 0 Å². The number of hydrogen-bond donors (Lipinski definition) is 2. The van der Waals surface area contributed by atoms with Crippen molar-refractivity contribution < 1.29 is 19.2 Å². The van der Waals surface area contributed by atoms with E-state index in [0.717, 1.165) is 24.0 Å². The minimum atomic E-state index is -0.786. The number of hydrogen-bond acceptors (Lipinski definition) is 4. The Morgan fingerprint density at radius 2 is 1.24 bits per heavy atom. The average molecular weight is 503 g/mol. The third kappa shape index (κ3) is 5.68. The SMILES string of the molecule is O=C1C[C@H](Cc2ccccc2)NC(=O)[C@H]2CCCN2C(=O)[C@@H]2CCCN2C(=O)[C@H](Cc2ccccc2)N1. The quantitative estimate of drug-likeness (QED) is 0.667. The van der Waals surface area contributed by atoms with E-state index in [4.69, 9.17) is 0 Å². The van der Waals surface area contributed by atoms with Crippen LogP contribution < -0.4 is 10.6 Å². The van der Waals surface area contributed by atoms with Crippen LogP contribution in [0.4, 0.5) is 0 Å². The van der Waals surface area contributed by atoms with E-state index >= 15 is 0 Å². The Morgan fingerprint density at radius 1 is 0.676 bits per heavy atom. The first-order valence-corrected chi connectivity index (χ1v) is 13.3. The largest absolute Gasteiger partial charge is 0.351 e. The predicted octanol–water partition coefficient (Wildman–Crippen LogP) is 1.83. The highest BCUT2D eigenvalue weighted by atomic mass is 16.2. The summed E-state index contributed by atoms with van der Waals surface area (Å²) in [4.78, 5) is 57.5. The first kappa shape index (κ1) is 25.0. The Labute approximate surface area is 217 Å². The van der Waals surface area contributed by atoms with Crippen molar-refractivity contribution in [2.45, 2.75) is 69.1 Å². The van der Waals surface area contributed by atoms with Crippen LogP contribution >= 0.6 is 0 Å². The van der Waals surface area contributed by atoms with Gasteiger partial charge in [0.25, 0.3) is 0 Å². The van der Waals surface area contributed by atoms with Crippen molar-refractivity contribution in [2.75, 3.05) is 13.1 Å². The summed E-state index contributed by atoms with van der Waals surface area (Å²) in [6.45, 7) is 0.973. The second kappa shape index (κ2) is 11.2. The molecule has 0 aliphatic carbocycles. The van der Waals surface area contributed by atoms with Gasteiger partial charge in [-0.1, -0.05) is 60.7 Å². The van der Waals surface area contributed by atoms with E-state index in [2.05, 4.69) is 10.6 Å². The molecule has 4 amide bonds. The van der Waals surface area contributed by atoms with Gasteiger partial charge >= 0.3 is 0 Å². The standard InChI is InChI=1S/C29H34N4O4/c34-26-19-22(17-20-9-3-1-4-10-20)30-27(35)24-13-7-15-32(24)29(37)25-14-8-16-33(25)28(36)23(31-26)18-21-11-5-2-6-12-21/h1-6,9-12,22-25H,7-8,13-19H2,(H,30,35)(H,31,34)/t22-,23-,24+,25-/m0/s1. The Balaban J connectivity index is 1.46. The lowest BCUT2D eigenvalue weighted by atomic mass is 10.0. The van der Waals surface area contributed by atoms with Crippen molar-refractivity contribution in [3.8, 4) is 0 Å². The number of nitrogens with zero attached hydrogens (tertiary/aromatic N) is 2. The first-order valence-electron chi connectivity index (χ1n) is 13.3. The molecule has 2 aromatic rings. The zero-order chi connectivity index (χ0) is 25.8.